The molecule has 0 unspecified atom stereocenters. The zero-order valence-electron chi connectivity index (χ0n) is 10.6. The summed E-state index contributed by atoms with van der Waals surface area (Å²) in [4.78, 5) is 23.1. The number of carboxylic acids is 1. The summed E-state index contributed by atoms with van der Waals surface area (Å²) in [6.45, 7) is 0. The number of anilines is 2. The van der Waals surface area contributed by atoms with Gasteiger partial charge in [0.1, 0.15) is 11.4 Å². The minimum absolute atomic E-state index is 0.117. The molecule has 0 atom stereocenters. The molecule has 0 spiro atoms. The molecule has 0 fully saturated rings. The van der Waals surface area contributed by atoms with E-state index in [-0.39, 0.29) is 11.3 Å². The first-order valence-electron chi connectivity index (χ1n) is 5.78. The van der Waals surface area contributed by atoms with Gasteiger partial charge in [-0.25, -0.2) is 9.18 Å². The van der Waals surface area contributed by atoms with E-state index in [2.05, 4.69) is 21.2 Å². The van der Waals surface area contributed by atoms with Crippen LogP contribution in [0.5, 0.6) is 0 Å². The first-order chi connectivity index (χ1) is 9.90. The van der Waals surface area contributed by atoms with E-state index in [1.54, 1.807) is 6.07 Å². The van der Waals surface area contributed by atoms with Gasteiger partial charge in [0.25, 0.3) is 5.91 Å². The molecule has 7 heteroatoms. The van der Waals surface area contributed by atoms with Crippen molar-refractivity contribution in [2.45, 2.75) is 0 Å². The van der Waals surface area contributed by atoms with E-state index in [9.17, 15) is 14.0 Å². The van der Waals surface area contributed by atoms with Gasteiger partial charge in [-0.05, 0) is 46.3 Å². The van der Waals surface area contributed by atoms with Crippen molar-refractivity contribution in [1.29, 1.82) is 0 Å². The van der Waals surface area contributed by atoms with Crippen LogP contribution in [0.25, 0.3) is 0 Å². The van der Waals surface area contributed by atoms with Crippen LogP contribution in [0.2, 0.25) is 0 Å². The first-order valence-corrected chi connectivity index (χ1v) is 6.57. The predicted octanol–water partition coefficient (Wildman–Crippen LogP) is 3.12. The van der Waals surface area contributed by atoms with Gasteiger partial charge >= 0.3 is 5.97 Å². The molecule has 0 bridgehead atoms. The minimum Gasteiger partial charge on any atom is -0.478 e. The number of nitrogens with one attached hydrogen (secondary N) is 1. The molecule has 2 rings (SSSR count). The van der Waals surface area contributed by atoms with E-state index in [0.29, 0.717) is 10.2 Å². The van der Waals surface area contributed by atoms with Gasteiger partial charge < -0.3 is 16.2 Å². The molecule has 0 heterocycles. The number of hydrogen-bond acceptors (Lipinski definition) is 3. The fourth-order valence-corrected chi connectivity index (χ4v) is 1.97. The fraction of sp³-hybridized carbons (Fsp3) is 0. The highest BCUT2D eigenvalue weighted by Gasteiger charge is 2.18. The summed E-state index contributed by atoms with van der Waals surface area (Å²) in [5.74, 6) is -2.96. The molecule has 0 radical (unpaired) electrons. The molecule has 0 aromatic heterocycles. The molecule has 108 valence electrons. The number of carboxylic acid groups (broad SMARTS) is 1. The Balaban J connectivity index is 2.34. The molecule has 0 saturated heterocycles. The van der Waals surface area contributed by atoms with Gasteiger partial charge in [-0.2, -0.15) is 0 Å². The second kappa shape index (κ2) is 5.92. The highest BCUT2D eigenvalue weighted by atomic mass is 79.9. The SMILES string of the molecule is Nc1cc(C(=O)Nc2cccc(F)c2C(=O)O)ccc1Br. The Morgan fingerprint density at radius 3 is 2.57 bits per heavy atom. The monoisotopic (exact) mass is 352 g/mol. The highest BCUT2D eigenvalue weighted by Crippen LogP contribution is 2.23. The molecular formula is C14H10BrFN2O3. The van der Waals surface area contributed by atoms with Gasteiger partial charge in [0.05, 0.1) is 5.69 Å². The van der Waals surface area contributed by atoms with Crippen molar-refractivity contribution in [2.24, 2.45) is 0 Å². The largest absolute Gasteiger partial charge is 0.478 e. The van der Waals surface area contributed by atoms with Gasteiger partial charge in [0, 0.05) is 15.7 Å². The van der Waals surface area contributed by atoms with E-state index in [1.165, 1.54) is 24.3 Å². The summed E-state index contributed by atoms with van der Waals surface area (Å²) >= 11 is 3.20. The van der Waals surface area contributed by atoms with Crippen molar-refractivity contribution < 1.29 is 19.1 Å². The van der Waals surface area contributed by atoms with Crippen LogP contribution in [-0.4, -0.2) is 17.0 Å². The second-order valence-electron chi connectivity index (χ2n) is 4.16. The zero-order valence-corrected chi connectivity index (χ0v) is 12.1. The molecule has 1 amide bonds. The number of carbonyl (C=O) groups excluding carboxylic acids is 1. The summed E-state index contributed by atoms with van der Waals surface area (Å²) < 4.78 is 14.1. The molecule has 2 aromatic rings. The lowest BCUT2D eigenvalue weighted by Crippen LogP contribution is -2.16. The number of hydrogen-bond donors (Lipinski definition) is 3. The summed E-state index contributed by atoms with van der Waals surface area (Å²) in [5.41, 5.74) is 5.56. The normalized spacial score (nSPS) is 10.2. The van der Waals surface area contributed by atoms with Crippen molar-refractivity contribution in [3.05, 3.63) is 57.8 Å². The van der Waals surface area contributed by atoms with E-state index in [4.69, 9.17) is 10.8 Å². The van der Waals surface area contributed by atoms with E-state index in [1.807, 2.05) is 0 Å². The lowest BCUT2D eigenvalue weighted by atomic mass is 10.1. The van der Waals surface area contributed by atoms with Crippen LogP contribution in [0.3, 0.4) is 0 Å². The summed E-state index contributed by atoms with van der Waals surface area (Å²) in [7, 11) is 0. The Morgan fingerprint density at radius 1 is 1.24 bits per heavy atom. The predicted molar refractivity (Wildman–Crippen MR) is 79.9 cm³/mol. The Bertz CT molecular complexity index is 734. The number of halogens is 2. The van der Waals surface area contributed by atoms with Gasteiger partial charge in [-0.1, -0.05) is 6.07 Å². The van der Waals surface area contributed by atoms with Gasteiger partial charge in [0.2, 0.25) is 0 Å². The summed E-state index contributed by atoms with van der Waals surface area (Å²) in [6, 6.07) is 8.17. The third kappa shape index (κ3) is 3.19. The standard InChI is InChI=1S/C14H10BrFN2O3/c15-8-5-4-7(6-10(8)17)13(19)18-11-3-1-2-9(16)12(11)14(20)21/h1-6H,17H2,(H,18,19)(H,20,21). The minimum atomic E-state index is -1.46. The number of carbonyl (C=O) groups is 2. The molecule has 0 aliphatic carbocycles. The average Bonchev–Trinajstić information content (AvgIpc) is 2.41. The lowest BCUT2D eigenvalue weighted by Gasteiger charge is -2.10. The van der Waals surface area contributed by atoms with E-state index >= 15 is 0 Å². The van der Waals surface area contributed by atoms with Gasteiger partial charge in [0.15, 0.2) is 0 Å². The maximum absolute atomic E-state index is 13.5. The molecule has 0 saturated carbocycles. The maximum atomic E-state index is 13.5. The van der Waals surface area contributed by atoms with Crippen LogP contribution in [0, 0.1) is 5.82 Å². The van der Waals surface area contributed by atoms with E-state index in [0.717, 1.165) is 6.07 Å². The third-order valence-electron chi connectivity index (χ3n) is 2.73. The first kappa shape index (κ1) is 15.0. The Hall–Kier alpha value is -2.41. The van der Waals surface area contributed by atoms with Crippen LogP contribution in [0.1, 0.15) is 20.7 Å². The Labute approximate surface area is 127 Å². The quantitative estimate of drug-likeness (QED) is 0.740. The molecule has 5 nitrogen and oxygen atoms in total. The second-order valence-corrected chi connectivity index (χ2v) is 5.01. The number of amides is 1. The number of rotatable bonds is 3. The summed E-state index contributed by atoms with van der Waals surface area (Å²) in [5, 5.41) is 11.4. The van der Waals surface area contributed by atoms with Crippen LogP contribution in [0.4, 0.5) is 15.8 Å². The van der Waals surface area contributed by atoms with Crippen LogP contribution >= 0.6 is 15.9 Å². The Morgan fingerprint density at radius 2 is 1.95 bits per heavy atom. The third-order valence-corrected chi connectivity index (χ3v) is 3.46. The van der Waals surface area contributed by atoms with Crippen molar-refractivity contribution in [3.8, 4) is 0 Å². The molecule has 21 heavy (non-hydrogen) atoms. The number of benzene rings is 2. The maximum Gasteiger partial charge on any atom is 0.340 e. The topological polar surface area (TPSA) is 92.4 Å². The molecule has 0 aliphatic rings. The van der Waals surface area contributed by atoms with Crippen molar-refractivity contribution in [2.75, 3.05) is 11.1 Å². The number of nitrogens with two attached hydrogens (primary N) is 1. The fourth-order valence-electron chi connectivity index (χ4n) is 1.73. The number of nitrogen functional groups attached to an aromatic ring is 1. The summed E-state index contributed by atoms with van der Waals surface area (Å²) in [6.07, 6.45) is 0. The number of aromatic carboxylic acids is 1. The van der Waals surface area contributed by atoms with Crippen molar-refractivity contribution in [1.82, 2.24) is 0 Å². The molecule has 2 aromatic carbocycles. The molecule has 4 N–H and O–H groups in total. The highest BCUT2D eigenvalue weighted by molar-refractivity contribution is 9.10. The van der Waals surface area contributed by atoms with Crippen LogP contribution in [0.15, 0.2) is 40.9 Å². The van der Waals surface area contributed by atoms with Gasteiger partial charge in [-0.15, -0.1) is 0 Å². The Kier molecular flexibility index (Phi) is 4.23. The van der Waals surface area contributed by atoms with Gasteiger partial charge in [-0.3, -0.25) is 4.79 Å². The smallest absolute Gasteiger partial charge is 0.340 e. The van der Waals surface area contributed by atoms with Crippen molar-refractivity contribution >= 4 is 39.2 Å². The van der Waals surface area contributed by atoms with Crippen LogP contribution < -0.4 is 11.1 Å². The van der Waals surface area contributed by atoms with Crippen LogP contribution in [-0.2, 0) is 0 Å². The van der Waals surface area contributed by atoms with E-state index < -0.39 is 23.3 Å². The van der Waals surface area contributed by atoms with Crippen molar-refractivity contribution in [3.63, 3.8) is 0 Å². The molecular weight excluding hydrogens is 343 g/mol. The average molecular weight is 353 g/mol. The lowest BCUT2D eigenvalue weighted by molar-refractivity contribution is 0.0693. The zero-order chi connectivity index (χ0) is 15.6. The molecule has 0 aliphatic heterocycles.